The smallest absolute Gasteiger partial charge is 0.234 e. The Labute approximate surface area is 171 Å². The lowest BCUT2D eigenvalue weighted by atomic mass is 10.2. The summed E-state index contributed by atoms with van der Waals surface area (Å²) in [4.78, 5) is 12.3. The number of nitrogens with zero attached hydrogens (tertiary/aromatic N) is 3. The van der Waals surface area contributed by atoms with Crippen molar-refractivity contribution in [3.8, 4) is 11.4 Å². The highest BCUT2D eigenvalue weighted by Crippen LogP contribution is 2.31. The Balaban J connectivity index is 1.73. The number of amides is 1. The van der Waals surface area contributed by atoms with Gasteiger partial charge in [0, 0.05) is 6.54 Å². The van der Waals surface area contributed by atoms with Crippen LogP contribution in [0.2, 0.25) is 10.0 Å². The Morgan fingerprint density at radius 2 is 2.00 bits per heavy atom. The molecule has 2 heterocycles. The summed E-state index contributed by atoms with van der Waals surface area (Å²) in [6, 6.07) is 6.94. The number of carbonyl (C=O) groups is 1. The SMILES string of the molecule is CCCn1c(SCC(=O)Nc2c(Cl)cccc2Cl)nnc1-c1ccoc1C. The van der Waals surface area contributed by atoms with Gasteiger partial charge in [-0.15, -0.1) is 10.2 Å². The van der Waals surface area contributed by atoms with Crippen LogP contribution in [0.15, 0.2) is 40.1 Å². The van der Waals surface area contributed by atoms with Gasteiger partial charge in [-0.3, -0.25) is 4.79 Å². The fourth-order valence-electron chi connectivity index (χ4n) is 2.56. The minimum Gasteiger partial charge on any atom is -0.469 e. The van der Waals surface area contributed by atoms with Crippen molar-refractivity contribution >= 4 is 46.6 Å². The number of aryl methyl sites for hydroxylation is 1. The van der Waals surface area contributed by atoms with Gasteiger partial charge in [-0.1, -0.05) is 48.0 Å². The van der Waals surface area contributed by atoms with Crippen LogP contribution in [0.25, 0.3) is 11.4 Å². The number of rotatable bonds is 7. The highest BCUT2D eigenvalue weighted by atomic mass is 35.5. The van der Waals surface area contributed by atoms with Gasteiger partial charge in [0.05, 0.1) is 33.3 Å². The molecule has 3 rings (SSSR count). The van der Waals surface area contributed by atoms with E-state index in [-0.39, 0.29) is 11.7 Å². The van der Waals surface area contributed by atoms with Crippen LogP contribution in [0, 0.1) is 6.92 Å². The molecule has 1 N–H and O–H groups in total. The second kappa shape index (κ2) is 8.82. The summed E-state index contributed by atoms with van der Waals surface area (Å²) in [5.41, 5.74) is 1.31. The van der Waals surface area contributed by atoms with Crippen molar-refractivity contribution in [3.63, 3.8) is 0 Å². The summed E-state index contributed by atoms with van der Waals surface area (Å²) in [7, 11) is 0. The Kier molecular flexibility index (Phi) is 6.46. The number of nitrogens with one attached hydrogen (secondary N) is 1. The van der Waals surface area contributed by atoms with Crippen LogP contribution in [-0.4, -0.2) is 26.4 Å². The highest BCUT2D eigenvalue weighted by Gasteiger charge is 2.18. The van der Waals surface area contributed by atoms with E-state index in [1.165, 1.54) is 11.8 Å². The Morgan fingerprint density at radius 1 is 1.26 bits per heavy atom. The Bertz CT molecular complexity index is 934. The van der Waals surface area contributed by atoms with E-state index in [1.807, 2.05) is 17.6 Å². The van der Waals surface area contributed by atoms with Crippen LogP contribution >= 0.6 is 35.0 Å². The number of carbonyl (C=O) groups excluding carboxylic acids is 1. The second-order valence-electron chi connectivity index (χ2n) is 5.78. The van der Waals surface area contributed by atoms with E-state index in [0.717, 1.165) is 30.1 Å². The summed E-state index contributed by atoms with van der Waals surface area (Å²) in [6.45, 7) is 4.70. The molecule has 6 nitrogen and oxygen atoms in total. The number of aromatic nitrogens is 3. The summed E-state index contributed by atoms with van der Waals surface area (Å²) in [5, 5.41) is 12.7. The minimum atomic E-state index is -0.220. The normalized spacial score (nSPS) is 11.0. The van der Waals surface area contributed by atoms with Gasteiger partial charge in [-0.25, -0.2) is 0 Å². The summed E-state index contributed by atoms with van der Waals surface area (Å²) in [6.07, 6.45) is 2.54. The number of para-hydroxylation sites is 1. The van der Waals surface area contributed by atoms with Crippen LogP contribution in [0.1, 0.15) is 19.1 Å². The number of furan rings is 1. The minimum absolute atomic E-state index is 0.160. The molecule has 0 atom stereocenters. The maximum atomic E-state index is 12.3. The van der Waals surface area contributed by atoms with Gasteiger partial charge in [0.1, 0.15) is 5.76 Å². The van der Waals surface area contributed by atoms with Crippen molar-refractivity contribution in [1.82, 2.24) is 14.8 Å². The van der Waals surface area contributed by atoms with Crippen LogP contribution in [0.3, 0.4) is 0 Å². The lowest BCUT2D eigenvalue weighted by Crippen LogP contribution is -2.15. The predicted octanol–water partition coefficient (Wildman–Crippen LogP) is 5.29. The molecule has 0 fully saturated rings. The zero-order chi connectivity index (χ0) is 19.4. The molecule has 0 aliphatic rings. The summed E-state index contributed by atoms with van der Waals surface area (Å²) < 4.78 is 7.37. The van der Waals surface area contributed by atoms with Crippen molar-refractivity contribution in [2.24, 2.45) is 0 Å². The first-order chi connectivity index (χ1) is 13.0. The third-order valence-corrected chi connectivity index (χ3v) is 5.42. The fourth-order valence-corrected chi connectivity index (χ4v) is 3.82. The molecule has 0 bridgehead atoms. The predicted molar refractivity (Wildman–Crippen MR) is 109 cm³/mol. The van der Waals surface area contributed by atoms with Crippen molar-refractivity contribution in [3.05, 3.63) is 46.3 Å². The van der Waals surface area contributed by atoms with E-state index in [0.29, 0.717) is 20.9 Å². The van der Waals surface area contributed by atoms with Crippen molar-refractivity contribution in [1.29, 1.82) is 0 Å². The Hall–Kier alpha value is -1.96. The van der Waals surface area contributed by atoms with Gasteiger partial charge in [0.25, 0.3) is 0 Å². The first-order valence-electron chi connectivity index (χ1n) is 8.35. The number of hydrogen-bond donors (Lipinski definition) is 1. The zero-order valence-electron chi connectivity index (χ0n) is 14.8. The maximum Gasteiger partial charge on any atom is 0.234 e. The molecule has 1 amide bonds. The third-order valence-electron chi connectivity index (χ3n) is 3.82. The molecule has 9 heteroatoms. The molecule has 2 aromatic heterocycles. The molecule has 3 aromatic rings. The summed E-state index contributed by atoms with van der Waals surface area (Å²) >= 11 is 13.5. The molecular weight excluding hydrogens is 407 g/mol. The average Bonchev–Trinajstić information content (AvgIpc) is 3.23. The molecule has 142 valence electrons. The van der Waals surface area contributed by atoms with Crippen LogP contribution in [0.5, 0.6) is 0 Å². The largest absolute Gasteiger partial charge is 0.469 e. The molecular formula is C18H18Cl2N4O2S. The number of thioether (sulfide) groups is 1. The molecule has 0 saturated heterocycles. The summed E-state index contributed by atoms with van der Waals surface area (Å²) in [5.74, 6) is 1.46. The third kappa shape index (κ3) is 4.48. The standard InChI is InChI=1S/C18H18Cl2N4O2S/c1-3-8-24-17(12-7-9-26-11(12)2)22-23-18(24)27-10-15(25)21-16-13(19)5-4-6-14(16)20/h4-7,9H,3,8,10H2,1-2H3,(H,21,25). The van der Waals surface area contributed by atoms with E-state index in [9.17, 15) is 4.79 Å². The van der Waals surface area contributed by atoms with E-state index in [2.05, 4.69) is 22.4 Å². The van der Waals surface area contributed by atoms with Gasteiger partial charge in [0.15, 0.2) is 11.0 Å². The number of halogens is 2. The Morgan fingerprint density at radius 3 is 2.63 bits per heavy atom. The van der Waals surface area contributed by atoms with Crippen molar-refractivity contribution in [2.45, 2.75) is 32.0 Å². The molecule has 27 heavy (non-hydrogen) atoms. The van der Waals surface area contributed by atoms with Crippen molar-refractivity contribution < 1.29 is 9.21 Å². The van der Waals surface area contributed by atoms with Crippen molar-refractivity contribution in [2.75, 3.05) is 11.1 Å². The monoisotopic (exact) mass is 424 g/mol. The number of hydrogen-bond acceptors (Lipinski definition) is 5. The van der Waals surface area contributed by atoms with Gasteiger partial charge >= 0.3 is 0 Å². The van der Waals surface area contributed by atoms with Crippen LogP contribution < -0.4 is 5.32 Å². The van der Waals surface area contributed by atoms with Gasteiger partial charge < -0.3 is 14.3 Å². The molecule has 0 aliphatic heterocycles. The molecule has 0 saturated carbocycles. The fraction of sp³-hybridized carbons (Fsp3) is 0.278. The molecule has 1 aromatic carbocycles. The molecule has 0 radical (unpaired) electrons. The highest BCUT2D eigenvalue weighted by molar-refractivity contribution is 7.99. The van der Waals surface area contributed by atoms with E-state index < -0.39 is 0 Å². The van der Waals surface area contributed by atoms with Crippen LogP contribution in [0.4, 0.5) is 5.69 Å². The maximum absolute atomic E-state index is 12.3. The molecule has 0 spiro atoms. The second-order valence-corrected chi connectivity index (χ2v) is 7.54. The molecule has 0 aliphatic carbocycles. The van der Waals surface area contributed by atoms with Gasteiger partial charge in [-0.05, 0) is 31.5 Å². The number of anilines is 1. The molecule has 0 unspecified atom stereocenters. The van der Waals surface area contributed by atoms with E-state index in [1.54, 1.807) is 24.5 Å². The van der Waals surface area contributed by atoms with Gasteiger partial charge in [0.2, 0.25) is 5.91 Å². The topological polar surface area (TPSA) is 73.0 Å². The lowest BCUT2D eigenvalue weighted by Gasteiger charge is -2.10. The van der Waals surface area contributed by atoms with Gasteiger partial charge in [-0.2, -0.15) is 0 Å². The average molecular weight is 425 g/mol. The zero-order valence-corrected chi connectivity index (χ0v) is 17.2. The number of benzene rings is 1. The lowest BCUT2D eigenvalue weighted by molar-refractivity contribution is -0.113. The first-order valence-corrected chi connectivity index (χ1v) is 10.1. The van der Waals surface area contributed by atoms with E-state index in [4.69, 9.17) is 27.6 Å². The first kappa shape index (κ1) is 19.8. The van der Waals surface area contributed by atoms with E-state index >= 15 is 0 Å². The quantitative estimate of drug-likeness (QED) is 0.521. The van der Waals surface area contributed by atoms with Crippen LogP contribution in [-0.2, 0) is 11.3 Å².